The monoisotopic (exact) mass is 1200 g/mol. The van der Waals surface area contributed by atoms with Gasteiger partial charge in [-0.1, -0.05) is 252 Å². The number of carbonyl (C=O) groups is 1. The zero-order valence-corrected chi connectivity index (χ0v) is 53.1. The molecule has 2 rings (SSSR count). The maximum atomic E-state index is 13.3. The molecule has 0 aromatic carbocycles. The van der Waals surface area contributed by atoms with E-state index in [0.717, 1.165) is 103 Å². The minimum absolute atomic E-state index is 0.251. The third kappa shape index (κ3) is 39.5. The largest absolute Gasteiger partial charge is 0.394 e. The molecule has 2 aliphatic heterocycles. The summed E-state index contributed by atoms with van der Waals surface area (Å²) in [5.74, 6) is -0.267. The standard InChI is InChI=1S/C71H123NO13/c1-3-5-7-9-11-13-15-17-19-21-23-25-27-28-29-30-31-33-34-36-38-40-42-44-46-48-50-52-54-60(75)59(58-82-70-68(81)66(79)69(62(57-74)84-70)85-71-67(80)65(78)64(77)61(56-73)83-71)72-63(76)55-53-51-49-47-45-43-41-39-37-35-32-26-24-22-20-18-16-14-12-10-8-6-4-2/h6,8,12,14,18,20,24,26,35-38,44,46,52,54,59-62,64-71,73-75,77-81H,3-5,7,9-11,13,15-17,19,21-23,25,27-34,39-43,45,47-51,53,55-58H2,1-2H3,(H,72,76)/b8-6-,14-12-,20-18-,26-24-,37-35-,38-36+,46-44+,54-52+. The predicted molar refractivity (Wildman–Crippen MR) is 346 cm³/mol. The lowest BCUT2D eigenvalue weighted by atomic mass is 9.97. The molecule has 14 heteroatoms. The summed E-state index contributed by atoms with van der Waals surface area (Å²) < 4.78 is 22.8. The molecule has 490 valence electrons. The fourth-order valence-electron chi connectivity index (χ4n) is 10.6. The van der Waals surface area contributed by atoms with Gasteiger partial charge in [0.25, 0.3) is 0 Å². The molecule has 0 aromatic heterocycles. The van der Waals surface area contributed by atoms with Crippen LogP contribution >= 0.6 is 0 Å². The van der Waals surface area contributed by atoms with Crippen molar-refractivity contribution in [2.45, 2.75) is 325 Å². The van der Waals surface area contributed by atoms with E-state index >= 15 is 0 Å². The predicted octanol–water partition coefficient (Wildman–Crippen LogP) is 13.4. The third-order valence-corrected chi connectivity index (χ3v) is 16.0. The van der Waals surface area contributed by atoms with E-state index in [2.05, 4.69) is 104 Å². The number of hydrogen-bond donors (Lipinski definition) is 9. The van der Waals surface area contributed by atoms with E-state index in [1.165, 1.54) is 116 Å². The molecule has 0 aromatic rings. The van der Waals surface area contributed by atoms with Crippen LogP contribution in [0.25, 0.3) is 0 Å². The second-order valence-electron chi connectivity index (χ2n) is 23.5. The zero-order valence-electron chi connectivity index (χ0n) is 53.1. The summed E-state index contributed by atoms with van der Waals surface area (Å²) in [4.78, 5) is 13.3. The van der Waals surface area contributed by atoms with Crippen LogP contribution in [-0.4, -0.2) is 140 Å². The Labute approximate surface area is 515 Å². The van der Waals surface area contributed by atoms with Gasteiger partial charge < -0.3 is 65.1 Å². The van der Waals surface area contributed by atoms with Crippen LogP contribution in [0.2, 0.25) is 0 Å². The molecule has 0 radical (unpaired) electrons. The van der Waals surface area contributed by atoms with Crippen molar-refractivity contribution in [2.24, 2.45) is 0 Å². The molecular weight excluding hydrogens is 1070 g/mol. The van der Waals surface area contributed by atoms with Gasteiger partial charge >= 0.3 is 0 Å². The maximum Gasteiger partial charge on any atom is 0.220 e. The van der Waals surface area contributed by atoms with Crippen LogP contribution in [-0.2, 0) is 23.7 Å². The highest BCUT2D eigenvalue weighted by Gasteiger charge is 2.51. The van der Waals surface area contributed by atoms with Gasteiger partial charge in [0, 0.05) is 6.42 Å². The first-order valence-electron chi connectivity index (χ1n) is 34.0. The number of unbranched alkanes of at least 4 members (excludes halogenated alkanes) is 27. The summed E-state index contributed by atoms with van der Waals surface area (Å²) in [6.07, 6.45) is 60.3. The molecule has 1 amide bonds. The highest BCUT2D eigenvalue weighted by atomic mass is 16.7. The lowest BCUT2D eigenvalue weighted by Crippen LogP contribution is -2.65. The lowest BCUT2D eigenvalue weighted by molar-refractivity contribution is -0.359. The number of hydrogen-bond acceptors (Lipinski definition) is 13. The Bertz CT molecular complexity index is 1800. The summed E-state index contributed by atoms with van der Waals surface area (Å²) in [5.41, 5.74) is 0. The molecule has 2 saturated heterocycles. The van der Waals surface area contributed by atoms with E-state index in [1.54, 1.807) is 6.08 Å². The summed E-state index contributed by atoms with van der Waals surface area (Å²) in [7, 11) is 0. The molecule has 14 nitrogen and oxygen atoms in total. The molecule has 0 spiro atoms. The molecule has 9 N–H and O–H groups in total. The van der Waals surface area contributed by atoms with Crippen molar-refractivity contribution >= 4 is 5.91 Å². The van der Waals surface area contributed by atoms with Crippen molar-refractivity contribution in [3.05, 3.63) is 97.2 Å². The average Bonchev–Trinajstić information content (AvgIpc) is 3.68. The van der Waals surface area contributed by atoms with Crippen LogP contribution in [0.5, 0.6) is 0 Å². The van der Waals surface area contributed by atoms with Gasteiger partial charge in [0.05, 0.1) is 32.0 Å². The first-order chi connectivity index (χ1) is 41.6. The van der Waals surface area contributed by atoms with Crippen molar-refractivity contribution < 1.29 is 64.6 Å². The third-order valence-electron chi connectivity index (χ3n) is 16.0. The molecule has 0 saturated carbocycles. The number of carbonyl (C=O) groups excluding carboxylic acids is 1. The quantitative estimate of drug-likeness (QED) is 0.0204. The highest BCUT2D eigenvalue weighted by Crippen LogP contribution is 2.30. The molecule has 2 aliphatic rings. The van der Waals surface area contributed by atoms with Crippen molar-refractivity contribution in [3.8, 4) is 0 Å². The van der Waals surface area contributed by atoms with Crippen LogP contribution in [0.4, 0.5) is 0 Å². The highest BCUT2D eigenvalue weighted by molar-refractivity contribution is 5.76. The minimum Gasteiger partial charge on any atom is -0.394 e. The van der Waals surface area contributed by atoms with Gasteiger partial charge in [0.15, 0.2) is 12.6 Å². The smallest absolute Gasteiger partial charge is 0.220 e. The van der Waals surface area contributed by atoms with Gasteiger partial charge in [0.2, 0.25) is 5.91 Å². The molecule has 0 bridgehead atoms. The molecule has 12 unspecified atom stereocenters. The van der Waals surface area contributed by atoms with E-state index in [4.69, 9.17) is 18.9 Å². The van der Waals surface area contributed by atoms with Crippen molar-refractivity contribution in [1.29, 1.82) is 0 Å². The number of nitrogens with one attached hydrogen (secondary N) is 1. The number of allylic oxidation sites excluding steroid dienone is 15. The van der Waals surface area contributed by atoms with Gasteiger partial charge in [-0.05, 0) is 89.9 Å². The van der Waals surface area contributed by atoms with Crippen molar-refractivity contribution in [2.75, 3.05) is 19.8 Å². The summed E-state index contributed by atoms with van der Waals surface area (Å²) >= 11 is 0. The number of aliphatic hydroxyl groups is 8. The van der Waals surface area contributed by atoms with Crippen LogP contribution in [0.1, 0.15) is 251 Å². The number of amides is 1. The molecule has 12 atom stereocenters. The summed E-state index contributed by atoms with van der Waals surface area (Å²) in [5, 5.41) is 87.3. The zero-order chi connectivity index (χ0) is 61.6. The maximum absolute atomic E-state index is 13.3. The number of rotatable bonds is 54. The Morgan fingerprint density at radius 2 is 0.824 bits per heavy atom. The SMILES string of the molecule is CC/C=C\C/C=C\C/C=C\C/C=C\C/C=C\CCCCCCCCCC(=O)NC(COC1OC(CO)C(OC2OC(CO)C(O)C(O)C2O)C(O)C1O)C(O)/C=C/CC/C=C/CC/C=C/CCCCCCCCCCCCCCCCCCCC. The van der Waals surface area contributed by atoms with Gasteiger partial charge in [-0.3, -0.25) is 4.79 Å². The minimum atomic E-state index is -1.80. The molecule has 85 heavy (non-hydrogen) atoms. The lowest BCUT2D eigenvalue weighted by Gasteiger charge is -2.46. The fraction of sp³-hybridized carbons (Fsp3) is 0.761. The molecule has 2 fully saturated rings. The topological polar surface area (TPSA) is 228 Å². The summed E-state index contributed by atoms with van der Waals surface area (Å²) in [6.45, 7) is 2.67. The van der Waals surface area contributed by atoms with Crippen molar-refractivity contribution in [1.82, 2.24) is 5.32 Å². The Morgan fingerprint density at radius 1 is 0.435 bits per heavy atom. The van der Waals surface area contributed by atoms with E-state index in [9.17, 15) is 45.6 Å². The second-order valence-corrected chi connectivity index (χ2v) is 23.5. The van der Waals surface area contributed by atoms with Gasteiger partial charge in [-0.15, -0.1) is 0 Å². The summed E-state index contributed by atoms with van der Waals surface area (Å²) in [6, 6.07) is -0.952. The van der Waals surface area contributed by atoms with Gasteiger partial charge in [-0.25, -0.2) is 0 Å². The van der Waals surface area contributed by atoms with E-state index in [1.807, 2.05) is 6.08 Å². The number of aliphatic hydroxyl groups excluding tert-OH is 8. The molecule has 2 heterocycles. The van der Waals surface area contributed by atoms with Crippen molar-refractivity contribution in [3.63, 3.8) is 0 Å². The Balaban J connectivity index is 1.74. The van der Waals surface area contributed by atoms with E-state index in [0.29, 0.717) is 12.8 Å². The fourth-order valence-corrected chi connectivity index (χ4v) is 10.6. The first-order valence-corrected chi connectivity index (χ1v) is 34.0. The molecule has 0 aliphatic carbocycles. The van der Waals surface area contributed by atoms with Gasteiger partial charge in [0.1, 0.15) is 48.8 Å². The number of ether oxygens (including phenoxy) is 4. The van der Waals surface area contributed by atoms with Crippen LogP contribution in [0.3, 0.4) is 0 Å². The molecular formula is C71H123NO13. The average molecular weight is 1200 g/mol. The van der Waals surface area contributed by atoms with E-state index < -0.39 is 86.8 Å². The normalized spacial score (nSPS) is 24.2. The van der Waals surface area contributed by atoms with Crippen LogP contribution in [0.15, 0.2) is 97.2 Å². The van der Waals surface area contributed by atoms with Crippen LogP contribution < -0.4 is 5.32 Å². The Morgan fingerprint density at radius 3 is 1.29 bits per heavy atom. The van der Waals surface area contributed by atoms with Crippen LogP contribution in [0, 0.1) is 0 Å². The van der Waals surface area contributed by atoms with E-state index in [-0.39, 0.29) is 18.9 Å². The Kier molecular flexibility index (Phi) is 50.5. The first kappa shape index (κ1) is 78.0. The second kappa shape index (κ2) is 55.0. The van der Waals surface area contributed by atoms with Gasteiger partial charge in [-0.2, -0.15) is 0 Å². The Hall–Kier alpha value is -3.09.